The molecule has 0 atom stereocenters. The van der Waals surface area contributed by atoms with Crippen molar-refractivity contribution in [3.8, 4) is 17.5 Å². The Morgan fingerprint density at radius 1 is 1.20 bits per heavy atom. The predicted octanol–water partition coefficient (Wildman–Crippen LogP) is 5.08. The first-order chi connectivity index (χ1) is 14.6. The van der Waals surface area contributed by atoms with Crippen LogP contribution in [0.1, 0.15) is 12.7 Å². The number of aromatic amines is 1. The molecule has 2 heterocycles. The SMILES string of the molecule is CCn1c(SCC(O)=C(C#N)c2nc3ccccc3[nH]2)nnc1-c1ccc(Cl)cc1. The third-order valence-electron chi connectivity index (χ3n) is 4.50. The van der Waals surface area contributed by atoms with Gasteiger partial charge in [-0.1, -0.05) is 35.5 Å². The highest BCUT2D eigenvalue weighted by atomic mass is 35.5. The Bertz CT molecular complexity index is 1240. The highest BCUT2D eigenvalue weighted by Crippen LogP contribution is 2.27. The van der Waals surface area contributed by atoms with E-state index in [1.807, 2.05) is 54.0 Å². The van der Waals surface area contributed by atoms with Gasteiger partial charge < -0.3 is 14.7 Å². The minimum Gasteiger partial charge on any atom is -0.510 e. The number of nitrogens with zero attached hydrogens (tertiary/aromatic N) is 5. The van der Waals surface area contributed by atoms with Gasteiger partial charge in [-0.25, -0.2) is 4.98 Å². The largest absolute Gasteiger partial charge is 0.510 e. The predicted molar refractivity (Wildman–Crippen MR) is 118 cm³/mol. The van der Waals surface area contributed by atoms with Crippen molar-refractivity contribution in [2.24, 2.45) is 0 Å². The summed E-state index contributed by atoms with van der Waals surface area (Å²) >= 11 is 7.27. The van der Waals surface area contributed by atoms with Gasteiger partial charge in [0.25, 0.3) is 0 Å². The summed E-state index contributed by atoms with van der Waals surface area (Å²) < 4.78 is 1.95. The van der Waals surface area contributed by atoms with Gasteiger partial charge in [-0.2, -0.15) is 5.26 Å². The molecular weight excluding hydrogens is 420 g/mol. The maximum Gasteiger partial charge on any atom is 0.191 e. The van der Waals surface area contributed by atoms with E-state index in [4.69, 9.17) is 11.6 Å². The van der Waals surface area contributed by atoms with Crippen molar-refractivity contribution in [3.05, 3.63) is 65.1 Å². The molecule has 4 rings (SSSR count). The number of fused-ring (bicyclic) bond motifs is 1. The van der Waals surface area contributed by atoms with Gasteiger partial charge in [0, 0.05) is 17.1 Å². The minimum absolute atomic E-state index is 0.0692. The van der Waals surface area contributed by atoms with Crippen LogP contribution in [0, 0.1) is 11.3 Å². The number of nitrogens with one attached hydrogen (secondary N) is 1. The number of aliphatic hydroxyl groups excluding tert-OH is 1. The summed E-state index contributed by atoms with van der Waals surface area (Å²) in [5.74, 6) is 1.16. The molecule has 0 aliphatic carbocycles. The number of para-hydroxylation sites is 2. The lowest BCUT2D eigenvalue weighted by Crippen LogP contribution is -2.01. The number of H-pyrrole nitrogens is 1. The Hall–Kier alpha value is -3.28. The molecular formula is C21H17ClN6OS. The van der Waals surface area contributed by atoms with Gasteiger partial charge in [0.15, 0.2) is 16.8 Å². The van der Waals surface area contributed by atoms with Gasteiger partial charge in [-0.3, -0.25) is 0 Å². The van der Waals surface area contributed by atoms with Gasteiger partial charge >= 0.3 is 0 Å². The third kappa shape index (κ3) is 3.90. The summed E-state index contributed by atoms with van der Waals surface area (Å²) in [5.41, 5.74) is 2.55. The maximum absolute atomic E-state index is 10.6. The van der Waals surface area contributed by atoms with Crippen LogP contribution in [0.5, 0.6) is 0 Å². The number of hydrogen-bond donors (Lipinski definition) is 2. The van der Waals surface area contributed by atoms with Gasteiger partial charge in [0.1, 0.15) is 17.4 Å². The molecule has 0 aliphatic heterocycles. The molecule has 2 N–H and O–H groups in total. The number of imidazole rings is 1. The molecule has 150 valence electrons. The summed E-state index contributed by atoms with van der Waals surface area (Å²) in [6.45, 7) is 2.66. The highest BCUT2D eigenvalue weighted by molar-refractivity contribution is 7.99. The quantitative estimate of drug-likeness (QED) is 0.248. The molecule has 0 bridgehead atoms. The molecule has 30 heavy (non-hydrogen) atoms. The molecule has 9 heteroatoms. The number of aliphatic hydroxyl groups is 1. The van der Waals surface area contributed by atoms with Crippen molar-refractivity contribution in [2.45, 2.75) is 18.6 Å². The summed E-state index contributed by atoms with van der Waals surface area (Å²) in [4.78, 5) is 7.47. The molecule has 2 aromatic heterocycles. The topological polar surface area (TPSA) is 103 Å². The fourth-order valence-electron chi connectivity index (χ4n) is 3.02. The molecule has 0 spiro atoms. The van der Waals surface area contributed by atoms with Crippen LogP contribution in [0.25, 0.3) is 28.0 Å². The number of nitriles is 1. The lowest BCUT2D eigenvalue weighted by Gasteiger charge is -2.07. The minimum atomic E-state index is -0.0692. The molecule has 0 unspecified atom stereocenters. The summed E-state index contributed by atoms with van der Waals surface area (Å²) in [6.07, 6.45) is 0. The number of rotatable bonds is 6. The van der Waals surface area contributed by atoms with Gasteiger partial charge in [-0.05, 0) is 43.3 Å². The van der Waals surface area contributed by atoms with Crippen LogP contribution in [0.4, 0.5) is 0 Å². The van der Waals surface area contributed by atoms with Crippen LogP contribution in [0.3, 0.4) is 0 Å². The zero-order chi connectivity index (χ0) is 21.1. The smallest absolute Gasteiger partial charge is 0.191 e. The van der Waals surface area contributed by atoms with Gasteiger partial charge in [0.05, 0.1) is 16.8 Å². The zero-order valence-corrected chi connectivity index (χ0v) is 17.6. The molecule has 0 amide bonds. The van der Waals surface area contributed by atoms with Crippen molar-refractivity contribution in [3.63, 3.8) is 0 Å². The number of allylic oxidation sites excluding steroid dienone is 1. The van der Waals surface area contributed by atoms with Crippen LogP contribution in [0.2, 0.25) is 5.02 Å². The summed E-state index contributed by atoms with van der Waals surface area (Å²) in [6, 6.07) is 16.9. The standard InChI is InChI=1S/C21H17ClN6OS/c1-2-28-20(13-7-9-14(22)10-8-13)26-27-21(28)30-12-18(29)15(11-23)19-24-16-5-3-4-6-17(16)25-19/h3-10,29H,2,12H2,1H3,(H,24,25). The van der Waals surface area contributed by atoms with E-state index < -0.39 is 0 Å². The first-order valence-corrected chi connectivity index (χ1v) is 10.6. The molecule has 0 aliphatic rings. The van der Waals surface area contributed by atoms with Crippen LogP contribution >= 0.6 is 23.4 Å². The Morgan fingerprint density at radius 3 is 2.67 bits per heavy atom. The number of hydrogen-bond acceptors (Lipinski definition) is 6. The van der Waals surface area contributed by atoms with Gasteiger partial charge in [0.2, 0.25) is 0 Å². The molecule has 7 nitrogen and oxygen atoms in total. The number of halogens is 1. The van der Waals surface area contributed by atoms with Crippen molar-refractivity contribution >= 4 is 40.0 Å². The van der Waals surface area contributed by atoms with E-state index in [0.29, 0.717) is 22.5 Å². The Kier molecular flexibility index (Phi) is 5.74. The van der Waals surface area contributed by atoms with Crippen LogP contribution < -0.4 is 0 Å². The average Bonchev–Trinajstić information content (AvgIpc) is 3.37. The van der Waals surface area contributed by atoms with Crippen molar-refractivity contribution in [2.75, 3.05) is 5.75 Å². The monoisotopic (exact) mass is 436 g/mol. The second kappa shape index (κ2) is 8.61. The fraction of sp³-hybridized carbons (Fsp3) is 0.143. The number of aromatic nitrogens is 5. The Balaban J connectivity index is 1.59. The fourth-order valence-corrected chi connectivity index (χ4v) is 4.03. The van der Waals surface area contributed by atoms with Crippen LogP contribution in [0.15, 0.2) is 59.4 Å². The van der Waals surface area contributed by atoms with Crippen molar-refractivity contribution < 1.29 is 5.11 Å². The molecule has 0 radical (unpaired) electrons. The summed E-state index contributed by atoms with van der Waals surface area (Å²) in [7, 11) is 0. The van der Waals surface area contributed by atoms with E-state index in [1.54, 1.807) is 12.1 Å². The van der Waals surface area contributed by atoms with E-state index in [2.05, 4.69) is 20.2 Å². The molecule has 0 fully saturated rings. The molecule has 4 aromatic rings. The van der Waals surface area contributed by atoms with Crippen LogP contribution in [-0.4, -0.2) is 35.6 Å². The maximum atomic E-state index is 10.6. The van der Waals surface area contributed by atoms with Crippen molar-refractivity contribution in [1.82, 2.24) is 24.7 Å². The van der Waals surface area contributed by atoms with Gasteiger partial charge in [-0.15, -0.1) is 10.2 Å². The highest BCUT2D eigenvalue weighted by Gasteiger charge is 2.17. The lowest BCUT2D eigenvalue weighted by molar-refractivity contribution is 0.420. The average molecular weight is 437 g/mol. The molecule has 0 saturated carbocycles. The van der Waals surface area contributed by atoms with E-state index in [0.717, 1.165) is 22.4 Å². The Morgan fingerprint density at radius 2 is 1.97 bits per heavy atom. The second-order valence-corrected chi connectivity index (χ2v) is 7.76. The normalized spacial score (nSPS) is 12.0. The Labute approximate surface area is 182 Å². The third-order valence-corrected chi connectivity index (χ3v) is 5.73. The van der Waals surface area contributed by atoms with Crippen molar-refractivity contribution in [1.29, 1.82) is 5.26 Å². The molecule has 2 aromatic carbocycles. The van der Waals surface area contributed by atoms with E-state index >= 15 is 0 Å². The zero-order valence-electron chi connectivity index (χ0n) is 16.0. The summed E-state index contributed by atoms with van der Waals surface area (Å²) in [5, 5.41) is 30.0. The van der Waals surface area contributed by atoms with E-state index in [-0.39, 0.29) is 17.1 Å². The van der Waals surface area contributed by atoms with Crippen LogP contribution in [-0.2, 0) is 6.54 Å². The molecule has 0 saturated heterocycles. The first kappa shape index (κ1) is 20.0. The van der Waals surface area contributed by atoms with E-state index in [9.17, 15) is 10.4 Å². The van der Waals surface area contributed by atoms with E-state index in [1.165, 1.54) is 11.8 Å². The number of benzene rings is 2. The second-order valence-electron chi connectivity index (χ2n) is 6.38. The number of thioether (sulfide) groups is 1. The lowest BCUT2D eigenvalue weighted by atomic mass is 10.2. The first-order valence-electron chi connectivity index (χ1n) is 9.20.